The molecule has 0 radical (unpaired) electrons. The van der Waals surface area contributed by atoms with Crippen molar-refractivity contribution >= 4 is 96.3 Å². The number of rotatable bonds is 5. The minimum absolute atomic E-state index is 0.283. The van der Waals surface area contributed by atoms with E-state index in [0.717, 1.165) is 57.0 Å². The lowest BCUT2D eigenvalue weighted by atomic mass is 9.79. The van der Waals surface area contributed by atoms with Crippen LogP contribution in [0.25, 0.3) is 44.0 Å². The van der Waals surface area contributed by atoms with Gasteiger partial charge < -0.3 is 4.90 Å². The highest BCUT2D eigenvalue weighted by Crippen LogP contribution is 2.44. The van der Waals surface area contributed by atoms with E-state index in [0.29, 0.717) is 27.5 Å². The molecule has 9 rings (SSSR count). The van der Waals surface area contributed by atoms with E-state index in [9.17, 15) is 18.4 Å². The van der Waals surface area contributed by atoms with Crippen molar-refractivity contribution in [2.24, 2.45) is 16.8 Å². The Hall–Kier alpha value is -5.33. The fourth-order valence-corrected chi connectivity index (χ4v) is 8.51. The molecular weight excluding hydrogens is 687 g/mol. The summed E-state index contributed by atoms with van der Waals surface area (Å²) >= 11 is 2.08. The average molecular weight is 715 g/mol. The minimum atomic E-state index is -1.77. The van der Waals surface area contributed by atoms with Crippen molar-refractivity contribution in [3.05, 3.63) is 96.1 Å². The molecule has 0 saturated heterocycles. The number of hydrogen-bond acceptors (Lipinski definition) is 10. The van der Waals surface area contributed by atoms with Crippen molar-refractivity contribution in [2.75, 3.05) is 4.90 Å². The van der Waals surface area contributed by atoms with Gasteiger partial charge in [0.25, 0.3) is 0 Å². The van der Waals surface area contributed by atoms with E-state index in [1.165, 1.54) is 11.1 Å². The molecule has 12 heteroatoms. The number of aliphatic imine (C=N–C) groups is 1. The van der Waals surface area contributed by atoms with Gasteiger partial charge in [0.15, 0.2) is 17.3 Å². The standard InChI is InChI=1S/C39H28F2N6O2S2/c1-19-3-9-22(10-4-19)47(23-11-5-20(2)6-12-23)24-13-7-21(8-14-24)25-15-26-27(34-33(25)43-50-44-34)18-32(36-35(26)45-51-46-36)42-37-38(48)28-16-30(40)31(41)17-29(28)39(37)49/h3-15,18,28-31H,16-17H2,1-2H3. The summed E-state index contributed by atoms with van der Waals surface area (Å²) in [5, 5.41) is 1.48. The number of ketones is 2. The van der Waals surface area contributed by atoms with Crippen LogP contribution < -0.4 is 4.90 Å². The summed E-state index contributed by atoms with van der Waals surface area (Å²) in [4.78, 5) is 33.3. The largest absolute Gasteiger partial charge is 0.311 e. The number of aromatic nitrogens is 4. The second kappa shape index (κ2) is 12.2. The molecule has 2 heterocycles. The van der Waals surface area contributed by atoms with Crippen LogP contribution >= 0.6 is 23.5 Å². The molecule has 4 atom stereocenters. The lowest BCUT2D eigenvalue weighted by Crippen LogP contribution is -2.35. The van der Waals surface area contributed by atoms with Crippen LogP contribution in [-0.4, -0.2) is 47.1 Å². The lowest BCUT2D eigenvalue weighted by Gasteiger charge is -2.27. The van der Waals surface area contributed by atoms with Gasteiger partial charge in [0, 0.05) is 45.2 Å². The SMILES string of the molecule is Cc1ccc(N(c2ccc(C)cc2)c2ccc(-c3cc4c(cc(N=C5C(=O)C6CC(F)C(F)CC6C5=O)c5nsnc54)c4nsnc34)cc2)cc1. The zero-order chi connectivity index (χ0) is 35.0. The summed E-state index contributed by atoms with van der Waals surface area (Å²) in [6.45, 7) is 4.15. The highest BCUT2D eigenvalue weighted by molar-refractivity contribution is 7.00. The fourth-order valence-electron chi connectivity index (χ4n) is 7.36. The van der Waals surface area contributed by atoms with E-state index in [1.807, 2.05) is 6.07 Å². The van der Waals surface area contributed by atoms with Gasteiger partial charge in [-0.3, -0.25) is 9.59 Å². The maximum atomic E-state index is 14.2. The number of nitrogens with zero attached hydrogens (tertiary/aromatic N) is 6. The van der Waals surface area contributed by atoms with Crippen molar-refractivity contribution in [1.29, 1.82) is 0 Å². The monoisotopic (exact) mass is 714 g/mol. The molecule has 252 valence electrons. The van der Waals surface area contributed by atoms with Crippen LogP contribution in [-0.2, 0) is 9.59 Å². The molecule has 0 amide bonds. The van der Waals surface area contributed by atoms with Crippen LogP contribution in [0, 0.1) is 25.7 Å². The van der Waals surface area contributed by atoms with Gasteiger partial charge in [-0.15, -0.1) is 0 Å². The zero-order valence-electron chi connectivity index (χ0n) is 27.4. The van der Waals surface area contributed by atoms with Gasteiger partial charge in [-0.05, 0) is 80.8 Å². The molecule has 5 aromatic carbocycles. The van der Waals surface area contributed by atoms with Gasteiger partial charge in [-0.2, -0.15) is 17.5 Å². The van der Waals surface area contributed by atoms with Crippen molar-refractivity contribution in [1.82, 2.24) is 17.5 Å². The maximum absolute atomic E-state index is 14.2. The van der Waals surface area contributed by atoms with E-state index >= 15 is 0 Å². The summed E-state index contributed by atoms with van der Waals surface area (Å²) in [5.41, 5.74) is 9.58. The van der Waals surface area contributed by atoms with Gasteiger partial charge in [0.05, 0.1) is 29.1 Å². The van der Waals surface area contributed by atoms with Gasteiger partial charge >= 0.3 is 0 Å². The summed E-state index contributed by atoms with van der Waals surface area (Å²) in [6.07, 6.45) is -4.17. The molecule has 2 aromatic heterocycles. The van der Waals surface area contributed by atoms with E-state index in [-0.39, 0.29) is 24.2 Å². The number of fused-ring (bicyclic) bond motifs is 6. The van der Waals surface area contributed by atoms with E-state index < -0.39 is 35.7 Å². The Morgan fingerprint density at radius 2 is 1.08 bits per heavy atom. The molecule has 8 nitrogen and oxygen atoms in total. The summed E-state index contributed by atoms with van der Waals surface area (Å²) in [6, 6.07) is 29.0. The predicted molar refractivity (Wildman–Crippen MR) is 199 cm³/mol. The Morgan fingerprint density at radius 1 is 0.627 bits per heavy atom. The smallest absolute Gasteiger partial charge is 0.188 e. The first-order chi connectivity index (χ1) is 24.7. The summed E-state index contributed by atoms with van der Waals surface area (Å²) < 4.78 is 46.8. The fraction of sp³-hybridized carbons (Fsp3) is 0.205. The molecular formula is C39H28F2N6O2S2. The van der Waals surface area contributed by atoms with Crippen molar-refractivity contribution in [3.8, 4) is 11.1 Å². The molecule has 2 saturated carbocycles. The second-order valence-corrected chi connectivity index (χ2v) is 14.4. The normalized spacial score (nSPS) is 20.4. The predicted octanol–water partition coefficient (Wildman–Crippen LogP) is 9.53. The van der Waals surface area contributed by atoms with Crippen molar-refractivity contribution < 1.29 is 18.4 Å². The first-order valence-corrected chi connectivity index (χ1v) is 18.0. The Morgan fingerprint density at radius 3 is 1.63 bits per heavy atom. The summed E-state index contributed by atoms with van der Waals surface area (Å²) in [5.74, 6) is -2.88. The van der Waals surface area contributed by atoms with Crippen LogP contribution in [0.4, 0.5) is 31.5 Å². The average Bonchev–Trinajstić information content (AvgIpc) is 3.88. The van der Waals surface area contributed by atoms with Crippen LogP contribution in [0.2, 0.25) is 0 Å². The van der Waals surface area contributed by atoms with E-state index in [4.69, 9.17) is 0 Å². The third-order valence-electron chi connectivity index (χ3n) is 10.1. The van der Waals surface area contributed by atoms with E-state index in [2.05, 4.69) is 114 Å². The van der Waals surface area contributed by atoms with E-state index in [1.54, 1.807) is 6.07 Å². The molecule has 0 N–H and O–H groups in total. The van der Waals surface area contributed by atoms with Crippen LogP contribution in [0.1, 0.15) is 24.0 Å². The third kappa shape index (κ3) is 5.23. The number of aryl methyl sites for hydroxylation is 2. The number of hydrogen-bond donors (Lipinski definition) is 0. The first kappa shape index (κ1) is 31.6. The van der Waals surface area contributed by atoms with Gasteiger partial charge in [0.1, 0.15) is 34.4 Å². The van der Waals surface area contributed by atoms with Gasteiger partial charge in [-0.1, -0.05) is 47.5 Å². The van der Waals surface area contributed by atoms with Crippen molar-refractivity contribution in [3.63, 3.8) is 0 Å². The molecule has 2 aliphatic rings. The first-order valence-electron chi connectivity index (χ1n) is 16.6. The lowest BCUT2D eigenvalue weighted by molar-refractivity contribution is -0.123. The number of carbonyl (C=O) groups is 2. The van der Waals surface area contributed by atoms with Gasteiger partial charge in [0.2, 0.25) is 0 Å². The second-order valence-electron chi connectivity index (χ2n) is 13.3. The molecule has 7 aromatic rings. The van der Waals surface area contributed by atoms with Crippen LogP contribution in [0.15, 0.2) is 89.9 Å². The van der Waals surface area contributed by atoms with Gasteiger partial charge in [-0.25, -0.2) is 13.8 Å². The highest BCUT2D eigenvalue weighted by Gasteiger charge is 2.52. The number of benzene rings is 5. The number of carbonyl (C=O) groups excluding carboxylic acids is 2. The molecule has 2 fully saturated rings. The number of alkyl halides is 2. The van der Waals surface area contributed by atoms with Crippen LogP contribution in [0.3, 0.4) is 0 Å². The quantitative estimate of drug-likeness (QED) is 0.175. The Kier molecular flexibility index (Phi) is 7.55. The molecule has 4 unspecified atom stereocenters. The molecule has 0 spiro atoms. The molecule has 51 heavy (non-hydrogen) atoms. The Bertz CT molecular complexity index is 2470. The third-order valence-corrected chi connectivity index (χ3v) is 11.1. The number of halogens is 2. The Balaban J connectivity index is 1.14. The molecule has 0 aliphatic heterocycles. The molecule has 0 bridgehead atoms. The highest BCUT2D eigenvalue weighted by atomic mass is 32.1. The topological polar surface area (TPSA) is 101 Å². The Labute approximate surface area is 299 Å². The molecule has 2 aliphatic carbocycles. The van der Waals surface area contributed by atoms with Crippen molar-refractivity contribution in [2.45, 2.75) is 39.0 Å². The number of anilines is 3. The maximum Gasteiger partial charge on any atom is 0.188 e. The number of Topliss-reactive ketones (excluding diaryl/α,β-unsaturated/α-hetero) is 2. The zero-order valence-corrected chi connectivity index (χ0v) is 29.0. The van der Waals surface area contributed by atoms with Crippen LogP contribution in [0.5, 0.6) is 0 Å². The summed E-state index contributed by atoms with van der Waals surface area (Å²) in [7, 11) is 0. The minimum Gasteiger partial charge on any atom is -0.311 e.